The van der Waals surface area contributed by atoms with Crippen LogP contribution in [0.3, 0.4) is 0 Å². The van der Waals surface area contributed by atoms with Crippen LogP contribution in [-0.2, 0) is 0 Å². The van der Waals surface area contributed by atoms with Crippen molar-refractivity contribution in [3.63, 3.8) is 0 Å². The van der Waals surface area contributed by atoms with E-state index in [-0.39, 0.29) is 5.48 Å². The second-order valence-corrected chi connectivity index (χ2v) is 2.87. The normalized spacial score (nSPS) is 7.00. The van der Waals surface area contributed by atoms with Crippen LogP contribution >= 0.6 is 0 Å². The zero-order valence-electron chi connectivity index (χ0n) is 4.41. The van der Waals surface area contributed by atoms with Crippen molar-refractivity contribution in [1.29, 1.82) is 0 Å². The Labute approximate surface area is 41.9 Å². The Kier molecular flexibility index (Phi) is 14.2. The number of rotatable bonds is 2. The molecule has 0 amide bonds. The van der Waals surface area contributed by atoms with Crippen molar-refractivity contribution in [3.8, 4) is 0 Å². The summed E-state index contributed by atoms with van der Waals surface area (Å²) < 4.78 is 0. The van der Waals surface area contributed by atoms with E-state index in [0.29, 0.717) is 0 Å². The molecule has 0 fully saturated rings. The third kappa shape index (κ3) is 8.90. The third-order valence-corrected chi connectivity index (χ3v) is 1.50. The Hall–Kier alpha value is 0.177. The molecule has 0 unspecified atom stereocenters. The van der Waals surface area contributed by atoms with E-state index in [4.69, 9.17) is 0 Å². The maximum Gasteiger partial charge on any atom is 0.0372 e. The highest BCUT2D eigenvalue weighted by Gasteiger charge is 1.70. The third-order valence-electron chi connectivity index (χ3n) is 0.500. The molecule has 0 aromatic heterocycles. The van der Waals surface area contributed by atoms with Gasteiger partial charge in [-0.1, -0.05) is 25.9 Å². The zero-order chi connectivity index (χ0) is 4.12. The van der Waals surface area contributed by atoms with E-state index in [9.17, 15) is 0 Å². The van der Waals surface area contributed by atoms with Crippen LogP contribution in [0.2, 0.25) is 12.1 Å². The van der Waals surface area contributed by atoms with Gasteiger partial charge >= 0.3 is 0 Å². The first-order chi connectivity index (χ1) is 2.41. The first kappa shape index (κ1) is 9.49. The van der Waals surface area contributed by atoms with Crippen LogP contribution in [0.5, 0.6) is 0 Å². The van der Waals surface area contributed by atoms with Crippen LogP contribution < -0.4 is 0 Å². The fourth-order valence-corrected chi connectivity index (χ4v) is 0.750. The minimum atomic E-state index is 0. The van der Waals surface area contributed by atoms with Gasteiger partial charge in [-0.2, -0.15) is 0 Å². The molecule has 2 N–H and O–H groups in total. The maximum atomic E-state index is 2.22. The molecule has 0 aliphatic rings. The lowest BCUT2D eigenvalue weighted by atomic mass is 11.0. The zero-order valence-corrected chi connectivity index (χ0v) is 5.41. The SMILES string of the molecule is CC[Si]CC.O. The topological polar surface area (TPSA) is 31.5 Å². The van der Waals surface area contributed by atoms with Gasteiger partial charge in [0.25, 0.3) is 0 Å². The predicted molar refractivity (Wildman–Crippen MR) is 30.3 cm³/mol. The summed E-state index contributed by atoms with van der Waals surface area (Å²) in [4.78, 5) is 0. The fraction of sp³-hybridized carbons (Fsp3) is 1.00. The lowest BCUT2D eigenvalue weighted by molar-refractivity contribution is 0.824. The van der Waals surface area contributed by atoms with E-state index in [1.165, 1.54) is 21.6 Å². The summed E-state index contributed by atoms with van der Waals surface area (Å²) in [5, 5.41) is 0. The molecule has 0 aromatic carbocycles. The summed E-state index contributed by atoms with van der Waals surface area (Å²) in [6, 6.07) is 2.74. The van der Waals surface area contributed by atoms with Crippen molar-refractivity contribution in [2.24, 2.45) is 0 Å². The highest BCUT2D eigenvalue weighted by molar-refractivity contribution is 6.34. The first-order valence-electron chi connectivity index (χ1n) is 2.12. The first-order valence-corrected chi connectivity index (χ1v) is 3.54. The van der Waals surface area contributed by atoms with Crippen LogP contribution in [0.25, 0.3) is 0 Å². The lowest BCUT2D eigenvalue weighted by Gasteiger charge is -1.76. The number of hydrogen-bond donors (Lipinski definition) is 0. The maximum absolute atomic E-state index is 2.22. The van der Waals surface area contributed by atoms with Crippen LogP contribution in [0.15, 0.2) is 0 Å². The molecular formula is C4H12OSi. The van der Waals surface area contributed by atoms with Gasteiger partial charge in [0.15, 0.2) is 0 Å². The van der Waals surface area contributed by atoms with Crippen LogP contribution in [0, 0.1) is 0 Å². The molecule has 38 valence electrons. The van der Waals surface area contributed by atoms with Crippen molar-refractivity contribution >= 4 is 9.52 Å². The van der Waals surface area contributed by atoms with Crippen molar-refractivity contribution in [1.82, 2.24) is 0 Å². The van der Waals surface area contributed by atoms with Gasteiger partial charge < -0.3 is 5.48 Å². The molecule has 2 heteroatoms. The van der Waals surface area contributed by atoms with Gasteiger partial charge in [0, 0.05) is 9.52 Å². The predicted octanol–water partition coefficient (Wildman–Crippen LogP) is 0.742. The Bertz CT molecular complexity index is 15.0. The molecule has 0 bridgehead atoms. The molecule has 2 radical (unpaired) electrons. The van der Waals surface area contributed by atoms with Crippen molar-refractivity contribution in [2.45, 2.75) is 25.9 Å². The van der Waals surface area contributed by atoms with E-state index < -0.39 is 0 Å². The quantitative estimate of drug-likeness (QED) is 0.463. The Morgan fingerprint density at radius 3 is 1.50 bits per heavy atom. The van der Waals surface area contributed by atoms with Gasteiger partial charge in [0.1, 0.15) is 0 Å². The average molecular weight is 104 g/mol. The van der Waals surface area contributed by atoms with Crippen LogP contribution in [-0.4, -0.2) is 15.0 Å². The van der Waals surface area contributed by atoms with Crippen molar-refractivity contribution < 1.29 is 5.48 Å². The van der Waals surface area contributed by atoms with E-state index in [1.54, 1.807) is 0 Å². The average Bonchev–Trinajstić information content (AvgIpc) is 1.41. The molecular weight excluding hydrogens is 92.1 g/mol. The van der Waals surface area contributed by atoms with Crippen molar-refractivity contribution in [3.05, 3.63) is 0 Å². The molecule has 0 aromatic rings. The smallest absolute Gasteiger partial charge is 0.0372 e. The van der Waals surface area contributed by atoms with Crippen LogP contribution in [0.4, 0.5) is 0 Å². The molecule has 0 atom stereocenters. The lowest BCUT2D eigenvalue weighted by Crippen LogP contribution is -1.76. The minimum absolute atomic E-state index is 0. The molecule has 6 heavy (non-hydrogen) atoms. The number of hydrogen-bond acceptors (Lipinski definition) is 0. The van der Waals surface area contributed by atoms with E-state index in [1.807, 2.05) is 0 Å². The van der Waals surface area contributed by atoms with E-state index in [2.05, 4.69) is 13.8 Å². The second-order valence-electron chi connectivity index (χ2n) is 0.957. The summed E-state index contributed by atoms with van der Waals surface area (Å²) in [5.74, 6) is 0. The summed E-state index contributed by atoms with van der Waals surface area (Å²) >= 11 is 0. The van der Waals surface area contributed by atoms with Gasteiger partial charge in [-0.3, -0.25) is 0 Å². The van der Waals surface area contributed by atoms with Gasteiger partial charge in [-0.15, -0.1) is 0 Å². The monoisotopic (exact) mass is 104 g/mol. The molecule has 0 rings (SSSR count). The Morgan fingerprint density at radius 2 is 1.50 bits per heavy atom. The highest BCUT2D eigenvalue weighted by atomic mass is 28.2. The Balaban J connectivity index is 0. The molecule has 0 heterocycles. The summed E-state index contributed by atoms with van der Waals surface area (Å²) in [6.07, 6.45) is 0. The summed E-state index contributed by atoms with van der Waals surface area (Å²) in [5.41, 5.74) is 0. The van der Waals surface area contributed by atoms with Crippen molar-refractivity contribution in [2.75, 3.05) is 0 Å². The van der Waals surface area contributed by atoms with E-state index in [0.717, 1.165) is 0 Å². The minimum Gasteiger partial charge on any atom is -0.412 e. The largest absolute Gasteiger partial charge is 0.412 e. The molecule has 0 saturated carbocycles. The van der Waals surface area contributed by atoms with Gasteiger partial charge in [-0.25, -0.2) is 0 Å². The van der Waals surface area contributed by atoms with Crippen LogP contribution in [0.1, 0.15) is 13.8 Å². The van der Waals surface area contributed by atoms with Gasteiger partial charge in [-0.05, 0) is 0 Å². The highest BCUT2D eigenvalue weighted by Crippen LogP contribution is 1.77. The standard InChI is InChI=1S/C4H10Si.H2O/c1-3-5-4-2;/h3-4H2,1-2H3;1H2. The molecule has 0 aliphatic carbocycles. The molecule has 1 nitrogen and oxygen atoms in total. The Morgan fingerprint density at radius 1 is 1.17 bits per heavy atom. The summed E-state index contributed by atoms with van der Waals surface area (Å²) in [7, 11) is 1.20. The van der Waals surface area contributed by atoms with Gasteiger partial charge in [0.05, 0.1) is 0 Å². The second kappa shape index (κ2) is 8.95. The van der Waals surface area contributed by atoms with E-state index >= 15 is 0 Å². The summed E-state index contributed by atoms with van der Waals surface area (Å²) in [6.45, 7) is 4.45. The molecule has 0 aliphatic heterocycles. The molecule has 0 spiro atoms. The van der Waals surface area contributed by atoms with Gasteiger partial charge in [0.2, 0.25) is 0 Å². The fourth-order valence-electron chi connectivity index (χ4n) is 0.250. The molecule has 0 saturated heterocycles.